The Bertz CT molecular complexity index is 490. The van der Waals surface area contributed by atoms with Gasteiger partial charge < -0.3 is 19.3 Å². The van der Waals surface area contributed by atoms with Crippen molar-refractivity contribution < 1.29 is 24.1 Å². The van der Waals surface area contributed by atoms with Gasteiger partial charge in [0.2, 0.25) is 0 Å². The number of hydrogen-bond donors (Lipinski definition) is 1. The fraction of sp³-hybridized carbons (Fsp3) is 0.462. The van der Waals surface area contributed by atoms with Gasteiger partial charge in [0.25, 0.3) is 0 Å². The minimum Gasteiger partial charge on any atom is -0.486 e. The zero-order valence-corrected chi connectivity index (χ0v) is 10.4. The van der Waals surface area contributed by atoms with Crippen LogP contribution in [0, 0.1) is 0 Å². The number of rotatable bonds is 3. The Morgan fingerprint density at radius 2 is 2.05 bits per heavy atom. The van der Waals surface area contributed by atoms with E-state index in [1.807, 2.05) is 0 Å². The first-order chi connectivity index (χ1) is 9.28. The highest BCUT2D eigenvalue weighted by Crippen LogP contribution is 2.35. The Balaban J connectivity index is 1.80. The van der Waals surface area contributed by atoms with Crippen LogP contribution >= 0.6 is 0 Å². The molecule has 6 nitrogen and oxygen atoms in total. The van der Waals surface area contributed by atoms with Crippen LogP contribution in [0.5, 0.6) is 11.5 Å². The number of carbonyl (C=O) groups excluding carboxylic acids is 1. The number of benzene rings is 1. The molecule has 0 saturated carbocycles. The lowest BCUT2D eigenvalue weighted by molar-refractivity contribution is 0.122. The Morgan fingerprint density at radius 3 is 2.84 bits per heavy atom. The smallest absolute Gasteiger partial charge is 0.414 e. The number of aliphatic hydroxyl groups is 1. The summed E-state index contributed by atoms with van der Waals surface area (Å²) in [5, 5.41) is 8.88. The molecule has 19 heavy (non-hydrogen) atoms. The van der Waals surface area contributed by atoms with Gasteiger partial charge in [0, 0.05) is 19.1 Å². The van der Waals surface area contributed by atoms with Crippen LogP contribution in [0.15, 0.2) is 18.2 Å². The summed E-state index contributed by atoms with van der Waals surface area (Å²) in [7, 11) is 0. The van der Waals surface area contributed by atoms with Crippen molar-refractivity contribution in [2.24, 2.45) is 0 Å². The van der Waals surface area contributed by atoms with Crippen LogP contribution in [0.2, 0.25) is 0 Å². The van der Waals surface area contributed by atoms with E-state index in [9.17, 15) is 4.79 Å². The molecule has 0 spiro atoms. The van der Waals surface area contributed by atoms with Gasteiger partial charge in [0.15, 0.2) is 11.5 Å². The minimum absolute atomic E-state index is 0.00687. The predicted octanol–water partition coefficient (Wildman–Crippen LogP) is 1.17. The molecule has 1 N–H and O–H groups in total. The van der Waals surface area contributed by atoms with Gasteiger partial charge in [0.1, 0.15) is 19.3 Å². The third-order valence-corrected chi connectivity index (χ3v) is 3.16. The summed E-state index contributed by atoms with van der Waals surface area (Å²) in [6.07, 6.45) is -0.201. The number of ether oxygens (including phenoxy) is 3. The molecule has 1 unspecified atom stereocenters. The molecule has 2 aliphatic heterocycles. The van der Waals surface area contributed by atoms with Crippen LogP contribution in [-0.2, 0) is 4.74 Å². The van der Waals surface area contributed by atoms with Crippen molar-refractivity contribution in [3.63, 3.8) is 0 Å². The van der Waals surface area contributed by atoms with Gasteiger partial charge in [-0.25, -0.2) is 4.79 Å². The quantitative estimate of drug-likeness (QED) is 0.888. The second kappa shape index (κ2) is 4.97. The number of cyclic esters (lactones) is 1. The summed E-state index contributed by atoms with van der Waals surface area (Å²) in [5.41, 5.74) is 0.717. The molecule has 1 amide bonds. The van der Waals surface area contributed by atoms with Gasteiger partial charge in [-0.15, -0.1) is 0 Å². The number of nitrogens with zero attached hydrogens (tertiary/aromatic N) is 1. The molecule has 2 heterocycles. The van der Waals surface area contributed by atoms with Gasteiger partial charge >= 0.3 is 6.09 Å². The predicted molar refractivity (Wildman–Crippen MR) is 66.7 cm³/mol. The molecular formula is C13H15NO5. The topological polar surface area (TPSA) is 68.2 Å². The maximum absolute atomic E-state index is 11.8. The first kappa shape index (κ1) is 12.1. The van der Waals surface area contributed by atoms with Gasteiger partial charge in [0.05, 0.1) is 12.2 Å². The van der Waals surface area contributed by atoms with E-state index >= 15 is 0 Å². The average Bonchev–Trinajstić information content (AvgIpc) is 2.79. The normalized spacial score (nSPS) is 21.4. The van der Waals surface area contributed by atoms with E-state index in [1.165, 1.54) is 0 Å². The number of carbonyl (C=O) groups is 1. The van der Waals surface area contributed by atoms with Gasteiger partial charge in [-0.2, -0.15) is 0 Å². The molecule has 0 aliphatic carbocycles. The Labute approximate surface area is 110 Å². The van der Waals surface area contributed by atoms with E-state index in [0.29, 0.717) is 37.7 Å². The van der Waals surface area contributed by atoms with E-state index < -0.39 is 6.09 Å². The van der Waals surface area contributed by atoms with Gasteiger partial charge in [-0.1, -0.05) is 0 Å². The van der Waals surface area contributed by atoms with Crippen molar-refractivity contribution in [2.75, 3.05) is 31.3 Å². The van der Waals surface area contributed by atoms with Crippen LogP contribution in [0.25, 0.3) is 0 Å². The highest BCUT2D eigenvalue weighted by atomic mass is 16.6. The lowest BCUT2D eigenvalue weighted by atomic mass is 10.2. The zero-order chi connectivity index (χ0) is 13.2. The van der Waals surface area contributed by atoms with Crippen molar-refractivity contribution in [3.05, 3.63) is 18.2 Å². The van der Waals surface area contributed by atoms with Crippen LogP contribution in [0.1, 0.15) is 6.42 Å². The van der Waals surface area contributed by atoms with Gasteiger partial charge in [-0.05, 0) is 12.1 Å². The molecule has 6 heteroatoms. The van der Waals surface area contributed by atoms with E-state index in [4.69, 9.17) is 19.3 Å². The van der Waals surface area contributed by atoms with Crippen LogP contribution in [0.3, 0.4) is 0 Å². The maximum atomic E-state index is 11.8. The van der Waals surface area contributed by atoms with Crippen LogP contribution in [-0.4, -0.2) is 43.7 Å². The molecule has 1 fully saturated rings. The molecule has 0 bridgehead atoms. The summed E-state index contributed by atoms with van der Waals surface area (Å²) in [5.74, 6) is 1.33. The highest BCUT2D eigenvalue weighted by Gasteiger charge is 2.32. The molecular weight excluding hydrogens is 250 g/mol. The number of hydrogen-bond acceptors (Lipinski definition) is 5. The standard InChI is InChI=1S/C13H15NO5/c15-4-3-10-8-14(13(16)19-10)9-1-2-11-12(7-9)18-6-5-17-11/h1-2,7,10,15H,3-6,8H2. The summed E-state index contributed by atoms with van der Waals surface area (Å²) in [6, 6.07) is 5.36. The monoisotopic (exact) mass is 265 g/mol. The molecule has 1 aromatic rings. The summed E-state index contributed by atoms with van der Waals surface area (Å²) >= 11 is 0. The Morgan fingerprint density at radius 1 is 1.26 bits per heavy atom. The number of aliphatic hydroxyl groups excluding tert-OH is 1. The van der Waals surface area contributed by atoms with Crippen molar-refractivity contribution in [1.82, 2.24) is 0 Å². The Kier molecular flexibility index (Phi) is 3.16. The second-order valence-electron chi connectivity index (χ2n) is 4.46. The fourth-order valence-corrected chi connectivity index (χ4v) is 2.23. The lowest BCUT2D eigenvalue weighted by Crippen LogP contribution is -2.25. The van der Waals surface area contributed by atoms with Crippen LogP contribution in [0.4, 0.5) is 10.5 Å². The van der Waals surface area contributed by atoms with Gasteiger partial charge in [-0.3, -0.25) is 4.90 Å². The molecule has 1 saturated heterocycles. The second-order valence-corrected chi connectivity index (χ2v) is 4.46. The molecule has 0 radical (unpaired) electrons. The summed E-state index contributed by atoms with van der Waals surface area (Å²) < 4.78 is 16.1. The fourth-order valence-electron chi connectivity index (χ4n) is 2.23. The number of fused-ring (bicyclic) bond motifs is 1. The van der Waals surface area contributed by atoms with E-state index in [2.05, 4.69) is 0 Å². The zero-order valence-electron chi connectivity index (χ0n) is 10.4. The maximum Gasteiger partial charge on any atom is 0.414 e. The van der Waals surface area contributed by atoms with E-state index in [-0.39, 0.29) is 12.7 Å². The van der Waals surface area contributed by atoms with Crippen molar-refractivity contribution >= 4 is 11.8 Å². The molecule has 1 aromatic carbocycles. The largest absolute Gasteiger partial charge is 0.486 e. The molecule has 1 atom stereocenters. The summed E-state index contributed by atoms with van der Waals surface area (Å²) in [4.78, 5) is 13.3. The number of anilines is 1. The van der Waals surface area contributed by atoms with Crippen molar-refractivity contribution in [1.29, 1.82) is 0 Å². The SMILES string of the molecule is O=C1OC(CCO)CN1c1ccc2c(c1)OCCO2. The number of amides is 1. The van der Waals surface area contributed by atoms with Crippen molar-refractivity contribution in [2.45, 2.75) is 12.5 Å². The lowest BCUT2D eigenvalue weighted by Gasteiger charge is -2.20. The molecule has 2 aliphatic rings. The summed E-state index contributed by atoms with van der Waals surface area (Å²) in [6.45, 7) is 1.50. The van der Waals surface area contributed by atoms with Crippen molar-refractivity contribution in [3.8, 4) is 11.5 Å². The minimum atomic E-state index is -0.393. The third kappa shape index (κ3) is 2.31. The van der Waals surface area contributed by atoms with E-state index in [0.717, 1.165) is 5.69 Å². The average molecular weight is 265 g/mol. The molecule has 0 aromatic heterocycles. The van der Waals surface area contributed by atoms with E-state index in [1.54, 1.807) is 23.1 Å². The first-order valence-electron chi connectivity index (χ1n) is 6.26. The molecule has 3 rings (SSSR count). The van der Waals surface area contributed by atoms with Crippen LogP contribution < -0.4 is 14.4 Å². The molecule has 102 valence electrons. The Hall–Kier alpha value is -1.95. The third-order valence-electron chi connectivity index (χ3n) is 3.16. The first-order valence-corrected chi connectivity index (χ1v) is 6.26. The highest BCUT2D eigenvalue weighted by molar-refractivity contribution is 5.90.